The summed E-state index contributed by atoms with van der Waals surface area (Å²) in [6.07, 6.45) is 4.53. The molecule has 1 aliphatic heterocycles. The first kappa shape index (κ1) is 18.5. The molecule has 0 fully saturated rings. The Morgan fingerprint density at radius 3 is 2.93 bits per heavy atom. The number of hydrogen-bond acceptors (Lipinski definition) is 6. The van der Waals surface area contributed by atoms with E-state index in [4.69, 9.17) is 9.47 Å². The molecular weight excluding hydrogens is 376 g/mol. The molecule has 4 rings (SSSR count). The van der Waals surface area contributed by atoms with E-state index in [-0.39, 0.29) is 6.79 Å². The normalized spacial score (nSPS) is 13.6. The quantitative estimate of drug-likeness (QED) is 0.469. The van der Waals surface area contributed by atoms with Gasteiger partial charge in [0.05, 0.1) is 18.3 Å². The SMILES string of the molecule is O=C(C=Cc1ccc2c(c1)OCO2)N[C@@H](CO)C(=O)Nc1ccc2cn[nH]c2c1. The maximum atomic E-state index is 12.4. The van der Waals surface area contributed by atoms with E-state index in [1.165, 1.54) is 6.08 Å². The summed E-state index contributed by atoms with van der Waals surface area (Å²) >= 11 is 0. The van der Waals surface area contributed by atoms with Crippen LogP contribution in [0.1, 0.15) is 5.56 Å². The van der Waals surface area contributed by atoms with Crippen LogP contribution in [-0.4, -0.2) is 46.6 Å². The molecule has 4 N–H and O–H groups in total. The summed E-state index contributed by atoms with van der Waals surface area (Å²) in [5.74, 6) is 0.212. The molecule has 1 atom stereocenters. The summed E-state index contributed by atoms with van der Waals surface area (Å²) in [7, 11) is 0. The minimum atomic E-state index is -1.10. The summed E-state index contributed by atoms with van der Waals surface area (Å²) in [4.78, 5) is 24.5. The highest BCUT2D eigenvalue weighted by molar-refractivity contribution is 6.01. The zero-order valence-electron chi connectivity index (χ0n) is 15.2. The highest BCUT2D eigenvalue weighted by Gasteiger charge is 2.19. The summed E-state index contributed by atoms with van der Waals surface area (Å²) in [6, 6.07) is 9.41. The maximum Gasteiger partial charge on any atom is 0.249 e. The molecule has 0 radical (unpaired) electrons. The molecule has 1 aromatic heterocycles. The molecular formula is C20H18N4O5. The van der Waals surface area contributed by atoms with Gasteiger partial charge >= 0.3 is 0 Å². The zero-order valence-corrected chi connectivity index (χ0v) is 15.2. The third-order valence-electron chi connectivity index (χ3n) is 4.35. The number of aliphatic hydroxyl groups excluding tert-OH is 1. The van der Waals surface area contributed by atoms with Crippen molar-refractivity contribution in [3.8, 4) is 11.5 Å². The molecule has 0 spiro atoms. The van der Waals surface area contributed by atoms with Gasteiger partial charge < -0.3 is 25.2 Å². The van der Waals surface area contributed by atoms with Crippen molar-refractivity contribution in [3.05, 3.63) is 54.2 Å². The van der Waals surface area contributed by atoms with Crippen LogP contribution in [0.5, 0.6) is 11.5 Å². The van der Waals surface area contributed by atoms with Crippen LogP contribution in [0.15, 0.2) is 48.7 Å². The number of anilines is 1. The van der Waals surface area contributed by atoms with E-state index in [2.05, 4.69) is 20.8 Å². The van der Waals surface area contributed by atoms with Crippen LogP contribution in [0.25, 0.3) is 17.0 Å². The number of aromatic nitrogens is 2. The summed E-state index contributed by atoms with van der Waals surface area (Å²) in [6.45, 7) is -0.370. The number of rotatable bonds is 6. The Bertz CT molecular complexity index is 1090. The first-order chi connectivity index (χ1) is 14.1. The van der Waals surface area contributed by atoms with Gasteiger partial charge in [-0.05, 0) is 42.0 Å². The lowest BCUT2D eigenvalue weighted by Gasteiger charge is -2.15. The van der Waals surface area contributed by atoms with Gasteiger partial charge in [0.25, 0.3) is 0 Å². The van der Waals surface area contributed by atoms with Gasteiger partial charge in [0.15, 0.2) is 11.5 Å². The van der Waals surface area contributed by atoms with E-state index >= 15 is 0 Å². The fourth-order valence-corrected chi connectivity index (χ4v) is 2.85. The molecule has 0 unspecified atom stereocenters. The van der Waals surface area contributed by atoms with E-state index in [0.29, 0.717) is 17.2 Å². The van der Waals surface area contributed by atoms with Gasteiger partial charge in [-0.25, -0.2) is 0 Å². The van der Waals surface area contributed by atoms with Crippen molar-refractivity contribution in [1.82, 2.24) is 15.5 Å². The van der Waals surface area contributed by atoms with Gasteiger partial charge in [0, 0.05) is 17.1 Å². The highest BCUT2D eigenvalue weighted by Crippen LogP contribution is 2.32. The Morgan fingerprint density at radius 2 is 2.07 bits per heavy atom. The molecule has 9 heteroatoms. The van der Waals surface area contributed by atoms with Crippen LogP contribution in [-0.2, 0) is 9.59 Å². The van der Waals surface area contributed by atoms with E-state index in [1.807, 2.05) is 0 Å². The Kier molecular flexibility index (Phi) is 5.12. The number of aromatic amines is 1. The molecule has 0 saturated heterocycles. The van der Waals surface area contributed by atoms with Crippen LogP contribution in [0.2, 0.25) is 0 Å². The van der Waals surface area contributed by atoms with Crippen LogP contribution in [0, 0.1) is 0 Å². The summed E-state index contributed by atoms with van der Waals surface area (Å²) < 4.78 is 10.5. The lowest BCUT2D eigenvalue weighted by molar-refractivity contribution is -0.124. The number of carbonyl (C=O) groups is 2. The van der Waals surface area contributed by atoms with E-state index in [1.54, 1.807) is 48.7 Å². The number of carbonyl (C=O) groups excluding carboxylic acids is 2. The number of amides is 2. The Balaban J connectivity index is 1.37. The fraction of sp³-hybridized carbons (Fsp3) is 0.150. The van der Waals surface area contributed by atoms with Gasteiger partial charge in [-0.1, -0.05) is 6.07 Å². The molecule has 9 nitrogen and oxygen atoms in total. The topological polar surface area (TPSA) is 126 Å². The lowest BCUT2D eigenvalue weighted by atomic mass is 10.2. The maximum absolute atomic E-state index is 12.4. The predicted octanol–water partition coefficient (Wildman–Crippen LogP) is 1.42. The van der Waals surface area contributed by atoms with Crippen LogP contribution >= 0.6 is 0 Å². The first-order valence-corrected chi connectivity index (χ1v) is 8.85. The van der Waals surface area contributed by atoms with Gasteiger partial charge in [-0.3, -0.25) is 14.7 Å². The summed E-state index contributed by atoms with van der Waals surface area (Å²) in [5, 5.41) is 22.3. The first-order valence-electron chi connectivity index (χ1n) is 8.85. The van der Waals surface area contributed by atoms with Crippen molar-refractivity contribution in [2.45, 2.75) is 6.04 Å². The van der Waals surface area contributed by atoms with Gasteiger partial charge in [0.1, 0.15) is 6.04 Å². The molecule has 2 heterocycles. The number of fused-ring (bicyclic) bond motifs is 2. The molecule has 0 saturated carbocycles. The predicted molar refractivity (Wildman–Crippen MR) is 105 cm³/mol. The van der Waals surface area contributed by atoms with Crippen molar-refractivity contribution >= 4 is 34.5 Å². The standard InChI is InChI=1S/C20H18N4O5/c25-10-16(20(27)22-14-4-3-13-9-21-24-15(13)8-14)23-19(26)6-2-12-1-5-17-18(7-12)29-11-28-17/h1-9,16,25H,10-11H2,(H,21,24)(H,22,27)(H,23,26)/t16-/m0/s1. The summed E-state index contributed by atoms with van der Waals surface area (Å²) in [5.41, 5.74) is 2.02. The highest BCUT2D eigenvalue weighted by atomic mass is 16.7. The fourth-order valence-electron chi connectivity index (χ4n) is 2.85. The Morgan fingerprint density at radius 1 is 1.21 bits per heavy atom. The van der Waals surface area contributed by atoms with Crippen molar-refractivity contribution in [2.75, 3.05) is 18.7 Å². The van der Waals surface area contributed by atoms with Gasteiger partial charge in [0.2, 0.25) is 18.6 Å². The number of benzene rings is 2. The van der Waals surface area contributed by atoms with E-state index in [9.17, 15) is 14.7 Å². The molecule has 148 valence electrons. The lowest BCUT2D eigenvalue weighted by Crippen LogP contribution is -2.45. The number of nitrogens with one attached hydrogen (secondary N) is 3. The minimum absolute atomic E-state index is 0.170. The van der Waals surface area contributed by atoms with Gasteiger partial charge in [-0.2, -0.15) is 5.10 Å². The minimum Gasteiger partial charge on any atom is -0.454 e. The monoisotopic (exact) mass is 394 g/mol. The third kappa shape index (κ3) is 4.19. The molecule has 2 amide bonds. The average molecular weight is 394 g/mol. The molecule has 0 aliphatic carbocycles. The van der Waals surface area contributed by atoms with E-state index in [0.717, 1.165) is 16.5 Å². The average Bonchev–Trinajstić information content (AvgIpc) is 3.38. The smallest absolute Gasteiger partial charge is 0.249 e. The molecule has 0 bridgehead atoms. The van der Waals surface area contributed by atoms with Crippen molar-refractivity contribution in [2.24, 2.45) is 0 Å². The van der Waals surface area contributed by atoms with Crippen molar-refractivity contribution in [3.63, 3.8) is 0 Å². The Labute approximate surface area is 165 Å². The van der Waals surface area contributed by atoms with Crippen LogP contribution < -0.4 is 20.1 Å². The third-order valence-corrected chi connectivity index (χ3v) is 4.35. The number of ether oxygens (including phenoxy) is 2. The number of hydrogen-bond donors (Lipinski definition) is 4. The second-order valence-electron chi connectivity index (χ2n) is 6.35. The number of H-pyrrole nitrogens is 1. The molecule has 2 aromatic carbocycles. The molecule has 29 heavy (non-hydrogen) atoms. The number of aliphatic hydroxyl groups is 1. The molecule has 3 aromatic rings. The van der Waals surface area contributed by atoms with Gasteiger partial charge in [-0.15, -0.1) is 0 Å². The van der Waals surface area contributed by atoms with Crippen LogP contribution in [0.3, 0.4) is 0 Å². The second-order valence-corrected chi connectivity index (χ2v) is 6.35. The largest absolute Gasteiger partial charge is 0.454 e. The Hall–Kier alpha value is -3.85. The van der Waals surface area contributed by atoms with Crippen molar-refractivity contribution < 1.29 is 24.2 Å². The van der Waals surface area contributed by atoms with Crippen LogP contribution in [0.4, 0.5) is 5.69 Å². The number of nitrogens with zero attached hydrogens (tertiary/aromatic N) is 1. The van der Waals surface area contributed by atoms with E-state index < -0.39 is 24.5 Å². The zero-order chi connectivity index (χ0) is 20.2. The molecule has 1 aliphatic rings. The van der Waals surface area contributed by atoms with Crippen molar-refractivity contribution in [1.29, 1.82) is 0 Å². The second kappa shape index (κ2) is 8.03.